The summed E-state index contributed by atoms with van der Waals surface area (Å²) in [6.07, 6.45) is 1.54. The van der Waals surface area contributed by atoms with Crippen molar-refractivity contribution in [2.45, 2.75) is 0 Å². The lowest BCUT2D eigenvalue weighted by molar-refractivity contribution is 0.355. The average molecular weight is 399 g/mol. The van der Waals surface area contributed by atoms with E-state index < -0.39 is 0 Å². The Kier molecular flexibility index (Phi) is 4.59. The largest absolute Gasteiger partial charge is 0.493 e. The number of benzene rings is 2. The molecule has 4 aromatic rings. The van der Waals surface area contributed by atoms with Crippen LogP contribution in [0.1, 0.15) is 0 Å². The van der Waals surface area contributed by atoms with Crippen LogP contribution < -0.4 is 15.0 Å². The van der Waals surface area contributed by atoms with Gasteiger partial charge < -0.3 is 9.47 Å². The molecule has 0 spiro atoms. The predicted octanol–water partition coefficient (Wildman–Crippen LogP) is 4.78. The van der Waals surface area contributed by atoms with Crippen LogP contribution in [0.25, 0.3) is 27.0 Å². The first-order valence-corrected chi connectivity index (χ1v) is 9.35. The van der Waals surface area contributed by atoms with Gasteiger partial charge in [0.25, 0.3) is 5.56 Å². The molecule has 5 nitrogen and oxygen atoms in total. The van der Waals surface area contributed by atoms with Crippen molar-refractivity contribution in [2.75, 3.05) is 14.2 Å². The van der Waals surface area contributed by atoms with E-state index in [0.29, 0.717) is 32.4 Å². The third kappa shape index (κ3) is 3.07. The van der Waals surface area contributed by atoms with Gasteiger partial charge in [0.2, 0.25) is 0 Å². The lowest BCUT2D eigenvalue weighted by Gasteiger charge is -2.10. The van der Waals surface area contributed by atoms with Gasteiger partial charge >= 0.3 is 0 Å². The number of hydrogen-bond acceptors (Lipinski definition) is 5. The molecule has 27 heavy (non-hydrogen) atoms. The van der Waals surface area contributed by atoms with Crippen molar-refractivity contribution in [3.63, 3.8) is 0 Å². The van der Waals surface area contributed by atoms with E-state index in [0.717, 1.165) is 11.1 Å². The van der Waals surface area contributed by atoms with Crippen LogP contribution in [0.5, 0.6) is 11.5 Å². The second kappa shape index (κ2) is 7.06. The van der Waals surface area contributed by atoms with E-state index in [4.69, 9.17) is 21.1 Å². The molecule has 0 fully saturated rings. The van der Waals surface area contributed by atoms with Crippen molar-refractivity contribution in [3.05, 3.63) is 69.5 Å². The molecule has 0 aliphatic carbocycles. The van der Waals surface area contributed by atoms with Gasteiger partial charge in [-0.3, -0.25) is 9.36 Å². The summed E-state index contributed by atoms with van der Waals surface area (Å²) in [5.41, 5.74) is 2.26. The molecule has 0 radical (unpaired) electrons. The van der Waals surface area contributed by atoms with Crippen LogP contribution in [-0.4, -0.2) is 23.8 Å². The van der Waals surface area contributed by atoms with Crippen molar-refractivity contribution in [3.8, 4) is 28.3 Å². The molecule has 0 aliphatic rings. The molecule has 0 atom stereocenters. The number of halogens is 1. The predicted molar refractivity (Wildman–Crippen MR) is 109 cm³/mol. The van der Waals surface area contributed by atoms with Gasteiger partial charge in [-0.25, -0.2) is 4.98 Å². The van der Waals surface area contributed by atoms with Gasteiger partial charge in [-0.2, -0.15) is 0 Å². The maximum Gasteiger partial charge on any atom is 0.267 e. The third-order valence-electron chi connectivity index (χ3n) is 4.29. The van der Waals surface area contributed by atoms with Crippen LogP contribution in [-0.2, 0) is 0 Å². The molecule has 0 unspecified atom stereocenters. The highest BCUT2D eigenvalue weighted by atomic mass is 35.5. The molecule has 2 heterocycles. The Morgan fingerprint density at radius 2 is 1.78 bits per heavy atom. The van der Waals surface area contributed by atoms with Crippen molar-refractivity contribution >= 4 is 33.2 Å². The minimum absolute atomic E-state index is 0.131. The zero-order valence-corrected chi connectivity index (χ0v) is 16.2. The zero-order valence-electron chi connectivity index (χ0n) is 14.6. The van der Waals surface area contributed by atoms with Crippen molar-refractivity contribution in [2.24, 2.45) is 0 Å². The molecule has 2 aromatic carbocycles. The number of methoxy groups -OCH3 is 2. The van der Waals surface area contributed by atoms with E-state index in [1.54, 1.807) is 44.8 Å². The summed E-state index contributed by atoms with van der Waals surface area (Å²) in [6, 6.07) is 12.7. The first kappa shape index (κ1) is 17.6. The van der Waals surface area contributed by atoms with Gasteiger partial charge in [-0.1, -0.05) is 17.7 Å². The van der Waals surface area contributed by atoms with Crippen LogP contribution in [0.2, 0.25) is 5.02 Å². The standard InChI is InChI=1S/C20H15ClN2O3S/c1-25-16-8-3-12(9-17(16)26-2)15-10-27-19-18(15)20(24)23(11-22-19)14-6-4-13(21)5-7-14/h3-11H,1-2H3. The topological polar surface area (TPSA) is 53.4 Å². The van der Waals surface area contributed by atoms with E-state index >= 15 is 0 Å². The Morgan fingerprint density at radius 1 is 1.04 bits per heavy atom. The Hall–Kier alpha value is -2.83. The van der Waals surface area contributed by atoms with Gasteiger partial charge in [0.05, 0.1) is 25.3 Å². The molecule has 0 saturated carbocycles. The number of fused-ring (bicyclic) bond motifs is 1. The number of hydrogen-bond donors (Lipinski definition) is 0. The lowest BCUT2D eigenvalue weighted by atomic mass is 10.1. The highest BCUT2D eigenvalue weighted by Crippen LogP contribution is 2.36. The zero-order chi connectivity index (χ0) is 19.0. The monoisotopic (exact) mass is 398 g/mol. The average Bonchev–Trinajstić information content (AvgIpc) is 3.13. The fraction of sp³-hybridized carbons (Fsp3) is 0.100. The number of thiophene rings is 1. The molecule has 0 saturated heterocycles. The van der Waals surface area contributed by atoms with Crippen molar-refractivity contribution in [1.29, 1.82) is 0 Å². The van der Waals surface area contributed by atoms with E-state index in [1.165, 1.54) is 15.9 Å². The van der Waals surface area contributed by atoms with Crippen LogP contribution in [0, 0.1) is 0 Å². The second-order valence-electron chi connectivity index (χ2n) is 5.80. The lowest BCUT2D eigenvalue weighted by Crippen LogP contribution is -2.18. The van der Waals surface area contributed by atoms with Crippen molar-refractivity contribution in [1.82, 2.24) is 9.55 Å². The normalized spacial score (nSPS) is 10.9. The maximum absolute atomic E-state index is 13.2. The molecular formula is C20H15ClN2O3S. The number of aromatic nitrogens is 2. The van der Waals surface area contributed by atoms with Crippen molar-refractivity contribution < 1.29 is 9.47 Å². The second-order valence-corrected chi connectivity index (χ2v) is 7.09. The number of ether oxygens (including phenoxy) is 2. The van der Waals surface area contributed by atoms with Gasteiger partial charge in [-0.05, 0) is 42.0 Å². The highest BCUT2D eigenvalue weighted by molar-refractivity contribution is 7.17. The van der Waals surface area contributed by atoms with Crippen LogP contribution >= 0.6 is 22.9 Å². The molecule has 2 aromatic heterocycles. The Morgan fingerprint density at radius 3 is 2.48 bits per heavy atom. The Bertz CT molecular complexity index is 1180. The SMILES string of the molecule is COc1ccc(-c2csc3ncn(-c4ccc(Cl)cc4)c(=O)c23)cc1OC. The van der Waals surface area contributed by atoms with E-state index in [1.807, 2.05) is 23.6 Å². The molecule has 0 aliphatic heterocycles. The smallest absolute Gasteiger partial charge is 0.267 e. The summed E-state index contributed by atoms with van der Waals surface area (Å²) in [5, 5.41) is 3.12. The van der Waals surface area contributed by atoms with Gasteiger partial charge in [0.1, 0.15) is 11.2 Å². The summed E-state index contributed by atoms with van der Waals surface area (Å²) >= 11 is 7.39. The molecule has 0 bridgehead atoms. The maximum atomic E-state index is 13.2. The van der Waals surface area contributed by atoms with E-state index in [9.17, 15) is 4.79 Å². The summed E-state index contributed by atoms with van der Waals surface area (Å²) < 4.78 is 12.2. The first-order valence-electron chi connectivity index (χ1n) is 8.09. The Balaban J connectivity index is 1.92. The first-order chi connectivity index (χ1) is 13.1. The molecule has 4 rings (SSSR count). The fourth-order valence-corrected chi connectivity index (χ4v) is 3.97. The number of rotatable bonds is 4. The molecule has 136 valence electrons. The minimum Gasteiger partial charge on any atom is -0.493 e. The van der Waals surface area contributed by atoms with E-state index in [-0.39, 0.29) is 5.56 Å². The molecule has 0 N–H and O–H groups in total. The number of nitrogens with zero attached hydrogens (tertiary/aromatic N) is 2. The minimum atomic E-state index is -0.131. The Labute approximate surface area is 164 Å². The molecule has 7 heteroatoms. The van der Waals surface area contributed by atoms with Gasteiger partial charge in [-0.15, -0.1) is 11.3 Å². The van der Waals surface area contributed by atoms with Crippen LogP contribution in [0.3, 0.4) is 0 Å². The van der Waals surface area contributed by atoms with Gasteiger partial charge in [0, 0.05) is 16.0 Å². The third-order valence-corrected chi connectivity index (χ3v) is 5.43. The summed E-state index contributed by atoms with van der Waals surface area (Å²) in [6.45, 7) is 0. The fourth-order valence-electron chi connectivity index (χ4n) is 2.93. The summed E-state index contributed by atoms with van der Waals surface area (Å²) in [7, 11) is 3.18. The molecular weight excluding hydrogens is 384 g/mol. The van der Waals surface area contributed by atoms with Crippen LogP contribution in [0.15, 0.2) is 59.0 Å². The van der Waals surface area contributed by atoms with Gasteiger partial charge in [0.15, 0.2) is 11.5 Å². The highest BCUT2D eigenvalue weighted by Gasteiger charge is 2.15. The quantitative estimate of drug-likeness (QED) is 0.496. The van der Waals surface area contributed by atoms with Crippen LogP contribution in [0.4, 0.5) is 0 Å². The molecule has 0 amide bonds. The van der Waals surface area contributed by atoms with E-state index in [2.05, 4.69) is 4.98 Å². The summed E-state index contributed by atoms with van der Waals surface area (Å²) in [5.74, 6) is 1.24. The summed E-state index contributed by atoms with van der Waals surface area (Å²) in [4.78, 5) is 18.3.